The van der Waals surface area contributed by atoms with Gasteiger partial charge in [0.15, 0.2) is 0 Å². The Morgan fingerprint density at radius 3 is 2.24 bits per heavy atom. The van der Waals surface area contributed by atoms with Gasteiger partial charge in [-0.05, 0) is 47.4 Å². The van der Waals surface area contributed by atoms with E-state index in [4.69, 9.17) is 9.84 Å². The summed E-state index contributed by atoms with van der Waals surface area (Å²) in [5.41, 5.74) is 4.67. The fourth-order valence-corrected chi connectivity index (χ4v) is 5.38. The highest BCUT2D eigenvalue weighted by Gasteiger charge is 2.44. The normalized spacial score (nSPS) is 25.1. The van der Waals surface area contributed by atoms with E-state index < -0.39 is 12.1 Å². The first-order valence-corrected chi connectivity index (χ1v) is 11.6. The molecule has 7 heteroatoms. The summed E-state index contributed by atoms with van der Waals surface area (Å²) in [4.78, 5) is 36.2. The Kier molecular flexibility index (Phi) is 5.79. The second-order valence-corrected chi connectivity index (χ2v) is 9.30. The van der Waals surface area contributed by atoms with Gasteiger partial charge in [-0.2, -0.15) is 0 Å². The van der Waals surface area contributed by atoms with E-state index in [0.717, 1.165) is 24.0 Å². The number of rotatable bonds is 7. The molecule has 172 valence electrons. The lowest BCUT2D eigenvalue weighted by molar-refractivity contribution is -0.139. The molecule has 33 heavy (non-hydrogen) atoms. The number of nitrogens with one attached hydrogen (secondary N) is 2. The third-order valence-electron chi connectivity index (χ3n) is 7.28. The minimum Gasteiger partial charge on any atom is -0.481 e. The Balaban J connectivity index is 1.15. The predicted octanol–water partition coefficient (Wildman–Crippen LogP) is 3.53. The summed E-state index contributed by atoms with van der Waals surface area (Å²) in [7, 11) is 0. The third kappa shape index (κ3) is 4.32. The molecule has 2 fully saturated rings. The van der Waals surface area contributed by atoms with E-state index in [-0.39, 0.29) is 42.2 Å². The number of amides is 2. The van der Waals surface area contributed by atoms with Gasteiger partial charge in [0.25, 0.3) is 0 Å². The summed E-state index contributed by atoms with van der Waals surface area (Å²) >= 11 is 0. The van der Waals surface area contributed by atoms with Crippen LogP contribution in [0.5, 0.6) is 0 Å². The van der Waals surface area contributed by atoms with Crippen LogP contribution in [0.4, 0.5) is 4.79 Å². The van der Waals surface area contributed by atoms with E-state index in [0.29, 0.717) is 19.4 Å². The van der Waals surface area contributed by atoms with Gasteiger partial charge in [0.2, 0.25) is 5.91 Å². The number of aliphatic carboxylic acids is 1. The minimum atomic E-state index is -0.801. The van der Waals surface area contributed by atoms with Gasteiger partial charge in [-0.15, -0.1) is 0 Å². The van der Waals surface area contributed by atoms with Crippen LogP contribution in [0.3, 0.4) is 0 Å². The Bertz CT molecular complexity index is 1040. The fraction of sp³-hybridized carbons (Fsp3) is 0.423. The average Bonchev–Trinajstić information content (AvgIpc) is 3.35. The van der Waals surface area contributed by atoms with E-state index in [1.54, 1.807) is 0 Å². The molecular formula is C26H28N2O5. The smallest absolute Gasteiger partial charge is 0.407 e. The SMILES string of the molecule is O=C(N[C@H]1CCC[C@H]1C(=O)NCC1CC1C(=O)O)OCC1c2ccccc2-c2ccccc21. The van der Waals surface area contributed by atoms with Crippen molar-refractivity contribution in [2.45, 2.75) is 37.6 Å². The van der Waals surface area contributed by atoms with E-state index >= 15 is 0 Å². The number of carbonyl (C=O) groups is 3. The molecule has 2 unspecified atom stereocenters. The Hall–Kier alpha value is -3.35. The second kappa shape index (κ2) is 8.89. The molecule has 2 aromatic carbocycles. The van der Waals surface area contributed by atoms with Crippen LogP contribution < -0.4 is 10.6 Å². The standard InChI is InChI=1S/C26H28N2O5/c29-24(27-13-15-12-21(15)25(30)31)20-10-5-11-23(20)28-26(32)33-14-22-18-8-3-1-6-16(18)17-7-2-4-9-19(17)22/h1-4,6-9,15,20-23H,5,10-14H2,(H,27,29)(H,28,32)(H,30,31)/t15?,20-,21?,23+/m1/s1. The van der Waals surface area contributed by atoms with E-state index in [1.807, 2.05) is 24.3 Å². The van der Waals surface area contributed by atoms with Crippen molar-refractivity contribution in [2.75, 3.05) is 13.2 Å². The quantitative estimate of drug-likeness (QED) is 0.601. The number of fused-ring (bicyclic) bond motifs is 3. The maximum atomic E-state index is 12.6. The van der Waals surface area contributed by atoms with Crippen LogP contribution in [-0.4, -0.2) is 42.3 Å². The maximum absolute atomic E-state index is 12.6. The van der Waals surface area contributed by atoms with Gasteiger partial charge in [0.1, 0.15) is 6.61 Å². The molecule has 0 aromatic heterocycles. The average molecular weight is 449 g/mol. The topological polar surface area (TPSA) is 105 Å². The molecule has 4 atom stereocenters. The van der Waals surface area contributed by atoms with Crippen LogP contribution in [0.2, 0.25) is 0 Å². The number of carboxylic acid groups (broad SMARTS) is 1. The van der Waals surface area contributed by atoms with Gasteiger partial charge in [-0.3, -0.25) is 9.59 Å². The molecule has 2 aromatic rings. The fourth-order valence-electron chi connectivity index (χ4n) is 5.38. The van der Waals surface area contributed by atoms with Crippen LogP contribution in [-0.2, 0) is 14.3 Å². The van der Waals surface area contributed by atoms with Crippen LogP contribution in [0, 0.1) is 17.8 Å². The van der Waals surface area contributed by atoms with E-state index in [1.165, 1.54) is 11.1 Å². The molecule has 0 radical (unpaired) electrons. The lowest BCUT2D eigenvalue weighted by Crippen LogP contribution is -2.44. The zero-order chi connectivity index (χ0) is 22.9. The monoisotopic (exact) mass is 448 g/mol. The van der Waals surface area contributed by atoms with Gasteiger partial charge in [0, 0.05) is 18.5 Å². The zero-order valence-electron chi connectivity index (χ0n) is 18.3. The van der Waals surface area contributed by atoms with Crippen molar-refractivity contribution in [3.8, 4) is 11.1 Å². The first-order chi connectivity index (χ1) is 16.0. The molecule has 3 aliphatic rings. The predicted molar refractivity (Wildman–Crippen MR) is 122 cm³/mol. The lowest BCUT2D eigenvalue weighted by atomic mass is 9.98. The van der Waals surface area contributed by atoms with Gasteiger partial charge in [-0.25, -0.2) is 4.79 Å². The molecule has 0 bridgehead atoms. The number of carbonyl (C=O) groups excluding carboxylic acids is 2. The molecule has 0 spiro atoms. The van der Waals surface area contributed by atoms with E-state index in [2.05, 4.69) is 34.9 Å². The van der Waals surface area contributed by atoms with Crippen molar-refractivity contribution in [2.24, 2.45) is 17.8 Å². The first kappa shape index (κ1) is 21.5. The van der Waals surface area contributed by atoms with Crippen LogP contribution >= 0.6 is 0 Å². The van der Waals surface area contributed by atoms with Crippen molar-refractivity contribution in [3.05, 3.63) is 59.7 Å². The molecule has 5 rings (SSSR count). The maximum Gasteiger partial charge on any atom is 0.407 e. The van der Waals surface area contributed by atoms with Crippen molar-refractivity contribution >= 4 is 18.0 Å². The van der Waals surface area contributed by atoms with E-state index in [9.17, 15) is 14.4 Å². The van der Waals surface area contributed by atoms with Gasteiger partial charge in [-0.1, -0.05) is 55.0 Å². The summed E-state index contributed by atoms with van der Waals surface area (Å²) < 4.78 is 5.63. The number of hydrogen-bond acceptors (Lipinski definition) is 4. The van der Waals surface area contributed by atoms with Gasteiger partial charge < -0.3 is 20.5 Å². The molecule has 2 amide bonds. The third-order valence-corrected chi connectivity index (χ3v) is 7.28. The van der Waals surface area contributed by atoms with Crippen LogP contribution in [0.15, 0.2) is 48.5 Å². The number of alkyl carbamates (subject to hydrolysis) is 1. The largest absolute Gasteiger partial charge is 0.481 e. The number of hydrogen-bond donors (Lipinski definition) is 3. The molecular weight excluding hydrogens is 420 g/mol. The number of carboxylic acids is 1. The summed E-state index contributed by atoms with van der Waals surface area (Å²) in [5.74, 6) is -1.57. The zero-order valence-corrected chi connectivity index (χ0v) is 18.3. The highest BCUT2D eigenvalue weighted by Crippen LogP contribution is 2.44. The second-order valence-electron chi connectivity index (χ2n) is 9.30. The summed E-state index contributed by atoms with van der Waals surface area (Å²) in [5, 5.41) is 14.8. The van der Waals surface area contributed by atoms with Crippen molar-refractivity contribution in [1.82, 2.24) is 10.6 Å². The molecule has 3 aliphatic carbocycles. The Morgan fingerprint density at radius 2 is 1.61 bits per heavy atom. The molecule has 7 nitrogen and oxygen atoms in total. The van der Waals surface area contributed by atoms with Crippen molar-refractivity contribution in [3.63, 3.8) is 0 Å². The number of benzene rings is 2. The molecule has 0 aliphatic heterocycles. The van der Waals surface area contributed by atoms with Crippen LogP contribution in [0.1, 0.15) is 42.7 Å². The Morgan fingerprint density at radius 1 is 0.939 bits per heavy atom. The molecule has 3 N–H and O–H groups in total. The van der Waals surface area contributed by atoms with Gasteiger partial charge >= 0.3 is 12.1 Å². The van der Waals surface area contributed by atoms with Crippen molar-refractivity contribution < 1.29 is 24.2 Å². The Labute approximate surface area is 192 Å². The molecule has 0 heterocycles. The summed E-state index contributed by atoms with van der Waals surface area (Å²) in [6.07, 6.45) is 2.39. The first-order valence-electron chi connectivity index (χ1n) is 11.6. The highest BCUT2D eigenvalue weighted by atomic mass is 16.5. The van der Waals surface area contributed by atoms with Crippen molar-refractivity contribution in [1.29, 1.82) is 0 Å². The van der Waals surface area contributed by atoms with Crippen LogP contribution in [0.25, 0.3) is 11.1 Å². The summed E-state index contributed by atoms with van der Waals surface area (Å²) in [6.45, 7) is 0.617. The lowest BCUT2D eigenvalue weighted by Gasteiger charge is -2.21. The highest BCUT2D eigenvalue weighted by molar-refractivity contribution is 5.81. The summed E-state index contributed by atoms with van der Waals surface area (Å²) in [6, 6.07) is 16.1. The minimum absolute atomic E-state index is 0.00783. The molecule has 0 saturated heterocycles. The number of ether oxygens (including phenoxy) is 1. The molecule has 2 saturated carbocycles. The van der Waals surface area contributed by atoms with Gasteiger partial charge in [0.05, 0.1) is 11.8 Å².